The monoisotopic (exact) mass is 383 g/mol. The van der Waals surface area contributed by atoms with Gasteiger partial charge in [0.15, 0.2) is 0 Å². The van der Waals surface area contributed by atoms with E-state index in [2.05, 4.69) is 5.32 Å². The highest BCUT2D eigenvalue weighted by atomic mass is 32.2. The molecular weight excluding hydrogens is 357 g/mol. The van der Waals surface area contributed by atoms with E-state index < -0.39 is 15.8 Å². The Kier molecular flexibility index (Phi) is 5.94. The molecule has 6 nitrogen and oxygen atoms in total. The number of halogens is 1. The van der Waals surface area contributed by atoms with Gasteiger partial charge in [-0.3, -0.25) is 4.79 Å². The summed E-state index contributed by atoms with van der Waals surface area (Å²) in [5.41, 5.74) is -0.0569. The van der Waals surface area contributed by atoms with E-state index >= 15 is 0 Å². The summed E-state index contributed by atoms with van der Waals surface area (Å²) in [7, 11) is -1.85. The standard InChI is InChI=1S/C18H26FN3O3S/c1-20-13-14-6-10-22(11-7-14)26(24,25)15-4-5-16(17(19)12-15)18(23)21-8-2-3-9-21/h4-5,12,14,20H,2-3,6-11,13H2,1H3. The van der Waals surface area contributed by atoms with Crippen LogP contribution in [0, 0.1) is 11.7 Å². The van der Waals surface area contributed by atoms with Gasteiger partial charge in [0.25, 0.3) is 5.91 Å². The highest BCUT2D eigenvalue weighted by Crippen LogP contribution is 2.25. The average molecular weight is 383 g/mol. The first-order chi connectivity index (χ1) is 12.4. The van der Waals surface area contributed by atoms with Crippen molar-refractivity contribution in [3.63, 3.8) is 0 Å². The minimum Gasteiger partial charge on any atom is -0.339 e. The number of hydrogen-bond donors (Lipinski definition) is 1. The smallest absolute Gasteiger partial charge is 0.256 e. The van der Waals surface area contributed by atoms with Crippen molar-refractivity contribution in [2.24, 2.45) is 5.92 Å². The van der Waals surface area contributed by atoms with Gasteiger partial charge in [-0.15, -0.1) is 0 Å². The van der Waals surface area contributed by atoms with Gasteiger partial charge < -0.3 is 10.2 Å². The van der Waals surface area contributed by atoms with Crippen LogP contribution in [0.1, 0.15) is 36.0 Å². The average Bonchev–Trinajstić information content (AvgIpc) is 3.16. The SMILES string of the molecule is CNCC1CCN(S(=O)(=O)c2ccc(C(=O)N3CCCC3)c(F)c2)CC1. The number of sulfonamides is 1. The van der Waals surface area contributed by atoms with Gasteiger partial charge in [0.1, 0.15) is 5.82 Å². The summed E-state index contributed by atoms with van der Waals surface area (Å²) in [6.45, 7) is 2.99. The second-order valence-corrected chi connectivity index (χ2v) is 8.98. The zero-order valence-corrected chi connectivity index (χ0v) is 15.9. The summed E-state index contributed by atoms with van der Waals surface area (Å²) in [5.74, 6) is -0.673. The van der Waals surface area contributed by atoms with Crippen LogP contribution in [0.3, 0.4) is 0 Å². The molecule has 2 saturated heterocycles. The second-order valence-electron chi connectivity index (χ2n) is 7.05. The number of benzene rings is 1. The minimum absolute atomic E-state index is 0.0569. The normalized spacial score (nSPS) is 19.8. The molecule has 2 heterocycles. The molecule has 0 bridgehead atoms. The molecule has 8 heteroatoms. The fourth-order valence-corrected chi connectivity index (χ4v) is 5.19. The molecule has 0 radical (unpaired) electrons. The maximum Gasteiger partial charge on any atom is 0.256 e. The van der Waals surface area contributed by atoms with Crippen LogP contribution in [-0.2, 0) is 10.0 Å². The molecule has 2 fully saturated rings. The predicted octanol–water partition coefficient (Wildman–Crippen LogP) is 1.68. The fourth-order valence-electron chi connectivity index (χ4n) is 3.71. The lowest BCUT2D eigenvalue weighted by molar-refractivity contribution is 0.0788. The molecule has 144 valence electrons. The van der Waals surface area contributed by atoms with Crippen LogP contribution in [0.25, 0.3) is 0 Å². The van der Waals surface area contributed by atoms with Crippen molar-refractivity contribution in [1.29, 1.82) is 0 Å². The van der Waals surface area contributed by atoms with E-state index in [0.29, 0.717) is 32.1 Å². The number of rotatable bonds is 5. The van der Waals surface area contributed by atoms with Crippen LogP contribution in [0.5, 0.6) is 0 Å². The molecule has 0 aliphatic carbocycles. The first-order valence-corrected chi connectivity index (χ1v) is 10.6. The molecule has 1 aromatic rings. The van der Waals surface area contributed by atoms with Crippen LogP contribution in [-0.4, -0.2) is 63.3 Å². The predicted molar refractivity (Wildman–Crippen MR) is 96.9 cm³/mol. The number of piperidine rings is 1. The topological polar surface area (TPSA) is 69.7 Å². The van der Waals surface area contributed by atoms with Crippen LogP contribution < -0.4 is 5.32 Å². The number of hydrogen-bond acceptors (Lipinski definition) is 4. The molecule has 2 aliphatic heterocycles. The van der Waals surface area contributed by atoms with Crippen molar-refractivity contribution in [2.45, 2.75) is 30.6 Å². The quantitative estimate of drug-likeness (QED) is 0.840. The van der Waals surface area contributed by atoms with E-state index in [1.165, 1.54) is 16.4 Å². The van der Waals surface area contributed by atoms with Crippen molar-refractivity contribution in [3.05, 3.63) is 29.6 Å². The Morgan fingerprint density at radius 1 is 1.19 bits per heavy atom. The van der Waals surface area contributed by atoms with Crippen molar-refractivity contribution in [2.75, 3.05) is 39.8 Å². The van der Waals surface area contributed by atoms with Gasteiger partial charge in [-0.2, -0.15) is 4.31 Å². The third-order valence-corrected chi connectivity index (χ3v) is 7.16. The van der Waals surface area contributed by atoms with E-state index in [1.807, 2.05) is 7.05 Å². The molecule has 0 aromatic heterocycles. The summed E-state index contributed by atoms with van der Waals surface area (Å²) in [4.78, 5) is 13.9. The van der Waals surface area contributed by atoms with Gasteiger partial charge in [0.05, 0.1) is 10.5 Å². The van der Waals surface area contributed by atoms with E-state index in [1.54, 1.807) is 4.90 Å². The first kappa shape index (κ1) is 19.3. The lowest BCUT2D eigenvalue weighted by Gasteiger charge is -2.31. The van der Waals surface area contributed by atoms with Crippen molar-refractivity contribution in [3.8, 4) is 0 Å². The van der Waals surface area contributed by atoms with E-state index in [-0.39, 0.29) is 16.4 Å². The number of likely N-dealkylation sites (tertiary alicyclic amines) is 1. The number of amides is 1. The lowest BCUT2D eigenvalue weighted by Crippen LogP contribution is -2.40. The Morgan fingerprint density at radius 3 is 2.42 bits per heavy atom. The van der Waals surface area contributed by atoms with Crippen molar-refractivity contribution >= 4 is 15.9 Å². The van der Waals surface area contributed by atoms with Gasteiger partial charge in [0, 0.05) is 26.2 Å². The second kappa shape index (κ2) is 8.02. The molecule has 0 atom stereocenters. The number of carbonyl (C=O) groups excluding carboxylic acids is 1. The van der Waals surface area contributed by atoms with Crippen molar-refractivity contribution in [1.82, 2.24) is 14.5 Å². The van der Waals surface area contributed by atoms with Crippen LogP contribution in [0.15, 0.2) is 23.1 Å². The fraction of sp³-hybridized carbons (Fsp3) is 0.611. The molecule has 3 rings (SSSR count). The van der Waals surface area contributed by atoms with Gasteiger partial charge in [-0.25, -0.2) is 12.8 Å². The molecule has 0 saturated carbocycles. The molecular formula is C18H26FN3O3S. The van der Waals surface area contributed by atoms with Gasteiger partial charge in [-0.05, 0) is 63.4 Å². The highest BCUT2D eigenvalue weighted by Gasteiger charge is 2.30. The van der Waals surface area contributed by atoms with Gasteiger partial charge in [-0.1, -0.05) is 0 Å². The maximum absolute atomic E-state index is 14.5. The summed E-state index contributed by atoms with van der Waals surface area (Å²) in [6.07, 6.45) is 3.41. The molecule has 0 spiro atoms. The number of carbonyl (C=O) groups is 1. The number of nitrogens with one attached hydrogen (secondary N) is 1. The van der Waals surface area contributed by atoms with E-state index in [0.717, 1.165) is 38.3 Å². The summed E-state index contributed by atoms with van der Waals surface area (Å²) in [6, 6.07) is 3.64. The Labute approximate surface area is 154 Å². The summed E-state index contributed by atoms with van der Waals surface area (Å²) < 4.78 is 41.5. The van der Waals surface area contributed by atoms with Crippen molar-refractivity contribution < 1.29 is 17.6 Å². The Hall–Kier alpha value is -1.51. The first-order valence-electron chi connectivity index (χ1n) is 9.17. The van der Waals surface area contributed by atoms with E-state index in [9.17, 15) is 17.6 Å². The minimum atomic E-state index is -3.74. The molecule has 26 heavy (non-hydrogen) atoms. The Balaban J connectivity index is 1.74. The zero-order chi connectivity index (χ0) is 18.7. The van der Waals surface area contributed by atoms with Gasteiger partial charge >= 0.3 is 0 Å². The van der Waals surface area contributed by atoms with Crippen LogP contribution in [0.2, 0.25) is 0 Å². The third-order valence-electron chi connectivity index (χ3n) is 5.27. The van der Waals surface area contributed by atoms with Crippen LogP contribution in [0.4, 0.5) is 4.39 Å². The lowest BCUT2D eigenvalue weighted by atomic mass is 9.98. The Bertz CT molecular complexity index is 755. The summed E-state index contributed by atoms with van der Waals surface area (Å²) in [5, 5.41) is 3.12. The summed E-state index contributed by atoms with van der Waals surface area (Å²) >= 11 is 0. The molecule has 2 aliphatic rings. The van der Waals surface area contributed by atoms with Crippen LogP contribution >= 0.6 is 0 Å². The highest BCUT2D eigenvalue weighted by molar-refractivity contribution is 7.89. The molecule has 1 aromatic carbocycles. The van der Waals surface area contributed by atoms with Gasteiger partial charge in [0.2, 0.25) is 10.0 Å². The van der Waals surface area contributed by atoms with E-state index in [4.69, 9.17) is 0 Å². The zero-order valence-electron chi connectivity index (χ0n) is 15.1. The molecule has 1 amide bonds. The number of nitrogens with zero attached hydrogens (tertiary/aromatic N) is 2. The maximum atomic E-state index is 14.5. The Morgan fingerprint density at radius 2 is 1.85 bits per heavy atom. The third kappa shape index (κ3) is 3.92. The molecule has 0 unspecified atom stereocenters. The molecule has 1 N–H and O–H groups in total. The largest absolute Gasteiger partial charge is 0.339 e.